The molecule has 0 aliphatic carbocycles. The van der Waals surface area contributed by atoms with E-state index in [1.807, 2.05) is 13.8 Å². The van der Waals surface area contributed by atoms with Crippen molar-refractivity contribution in [3.05, 3.63) is 15.9 Å². The van der Waals surface area contributed by atoms with Crippen molar-refractivity contribution in [3.8, 4) is 0 Å². The fraction of sp³-hybridized carbons (Fsp3) is 0.556. The van der Waals surface area contributed by atoms with Crippen LogP contribution >= 0.6 is 27.3 Å². The molecule has 0 bridgehead atoms. The van der Waals surface area contributed by atoms with Crippen LogP contribution in [0.25, 0.3) is 0 Å². The maximum Gasteiger partial charge on any atom is 0.250 e. The monoisotopic (exact) mass is 327 g/mol. The van der Waals surface area contributed by atoms with Crippen LogP contribution in [0.4, 0.5) is 0 Å². The molecule has 0 amide bonds. The molecular weight excluding hydrogens is 314 g/mol. The van der Waals surface area contributed by atoms with E-state index >= 15 is 0 Å². The molecule has 1 heterocycles. The Morgan fingerprint density at radius 2 is 2.25 bits per heavy atom. The third kappa shape index (κ3) is 4.14. The third-order valence-corrected chi connectivity index (χ3v) is 5.36. The summed E-state index contributed by atoms with van der Waals surface area (Å²) in [6, 6.07) is 3.29. The van der Waals surface area contributed by atoms with Crippen LogP contribution in [-0.4, -0.2) is 27.7 Å². The van der Waals surface area contributed by atoms with Gasteiger partial charge in [0.2, 0.25) is 10.0 Å². The van der Waals surface area contributed by atoms with Crippen molar-refractivity contribution in [1.29, 1.82) is 0 Å². The van der Waals surface area contributed by atoms with Crippen molar-refractivity contribution in [2.24, 2.45) is 0 Å². The number of hydrogen-bond acceptors (Lipinski definition) is 4. The molecule has 0 aliphatic heterocycles. The van der Waals surface area contributed by atoms with E-state index in [4.69, 9.17) is 4.74 Å². The molecule has 0 saturated heterocycles. The van der Waals surface area contributed by atoms with Gasteiger partial charge in [0, 0.05) is 13.2 Å². The number of hydrogen-bond donors (Lipinski definition) is 1. The Morgan fingerprint density at radius 3 is 2.75 bits per heavy atom. The summed E-state index contributed by atoms with van der Waals surface area (Å²) in [6.45, 7) is 4.57. The fourth-order valence-corrected chi connectivity index (χ4v) is 4.25. The van der Waals surface area contributed by atoms with Crippen LogP contribution in [0, 0.1) is 0 Å². The summed E-state index contributed by atoms with van der Waals surface area (Å²) in [5.74, 6) is 0. The van der Waals surface area contributed by atoms with Crippen LogP contribution in [0.3, 0.4) is 0 Å². The molecule has 1 N–H and O–H groups in total. The lowest BCUT2D eigenvalue weighted by molar-refractivity contribution is 0.0800. The number of rotatable bonds is 6. The summed E-state index contributed by atoms with van der Waals surface area (Å²) in [6.07, 6.45) is -0.122. The summed E-state index contributed by atoms with van der Waals surface area (Å²) in [5.41, 5.74) is 0. The largest absolute Gasteiger partial charge is 0.377 e. The van der Waals surface area contributed by atoms with Gasteiger partial charge >= 0.3 is 0 Å². The number of nitrogens with one attached hydrogen (secondary N) is 1. The molecule has 0 saturated carbocycles. The molecule has 7 heteroatoms. The highest BCUT2D eigenvalue weighted by molar-refractivity contribution is 9.11. The summed E-state index contributed by atoms with van der Waals surface area (Å²) < 4.78 is 32.4. The Bertz CT molecular complexity index is 430. The molecular formula is C9H14BrNO3S2. The van der Waals surface area contributed by atoms with E-state index < -0.39 is 10.0 Å². The summed E-state index contributed by atoms with van der Waals surface area (Å²) in [7, 11) is -3.39. The molecule has 4 nitrogen and oxygen atoms in total. The first-order valence-electron chi connectivity index (χ1n) is 4.82. The Labute approximate surface area is 108 Å². The van der Waals surface area contributed by atoms with E-state index in [2.05, 4.69) is 20.7 Å². The van der Waals surface area contributed by atoms with Gasteiger partial charge in [0.25, 0.3) is 0 Å². The van der Waals surface area contributed by atoms with Crippen LogP contribution < -0.4 is 4.72 Å². The van der Waals surface area contributed by atoms with E-state index in [9.17, 15) is 8.42 Å². The first-order chi connectivity index (χ1) is 7.45. The smallest absolute Gasteiger partial charge is 0.250 e. The van der Waals surface area contributed by atoms with Gasteiger partial charge < -0.3 is 4.74 Å². The number of ether oxygens (including phenoxy) is 1. The second-order valence-electron chi connectivity index (χ2n) is 3.18. The minimum atomic E-state index is -3.39. The highest BCUT2D eigenvalue weighted by atomic mass is 79.9. The Morgan fingerprint density at radius 1 is 1.56 bits per heavy atom. The Kier molecular flexibility index (Phi) is 5.39. The zero-order valence-corrected chi connectivity index (χ0v) is 12.3. The number of halogens is 1. The molecule has 0 radical (unpaired) electrons. The van der Waals surface area contributed by atoms with Crippen molar-refractivity contribution < 1.29 is 13.2 Å². The molecule has 0 spiro atoms. The van der Waals surface area contributed by atoms with Gasteiger partial charge in [0.15, 0.2) is 0 Å². The van der Waals surface area contributed by atoms with Gasteiger partial charge in [-0.2, -0.15) is 0 Å². The van der Waals surface area contributed by atoms with Gasteiger partial charge in [0.05, 0.1) is 9.89 Å². The zero-order valence-electron chi connectivity index (χ0n) is 9.07. The Balaban J connectivity index is 2.59. The summed E-state index contributed by atoms with van der Waals surface area (Å²) >= 11 is 4.42. The van der Waals surface area contributed by atoms with Gasteiger partial charge in [-0.3, -0.25) is 0 Å². The molecule has 0 fully saturated rings. The first-order valence-corrected chi connectivity index (χ1v) is 7.91. The number of thiophene rings is 1. The molecule has 1 aromatic heterocycles. The Hall–Kier alpha value is 0.0500. The highest BCUT2D eigenvalue weighted by Gasteiger charge is 2.17. The zero-order chi connectivity index (χ0) is 12.2. The van der Waals surface area contributed by atoms with Crippen molar-refractivity contribution in [3.63, 3.8) is 0 Å². The normalized spacial score (nSPS) is 13.9. The molecule has 0 aromatic carbocycles. The average molecular weight is 328 g/mol. The standard InChI is InChI=1S/C9H14BrNO3S2/c1-3-14-7(2)6-11-16(12,13)9-5-4-8(10)15-9/h4-5,7,11H,3,6H2,1-2H3. The lowest BCUT2D eigenvalue weighted by atomic mass is 10.4. The lowest BCUT2D eigenvalue weighted by Crippen LogP contribution is -2.31. The molecule has 0 aliphatic rings. The van der Waals surface area contributed by atoms with Gasteiger partial charge in [-0.15, -0.1) is 11.3 Å². The molecule has 1 unspecified atom stereocenters. The van der Waals surface area contributed by atoms with Crippen molar-refractivity contribution in [2.75, 3.05) is 13.2 Å². The molecule has 1 rings (SSSR count). The number of sulfonamides is 1. The summed E-state index contributed by atoms with van der Waals surface area (Å²) in [4.78, 5) is 0. The van der Waals surface area contributed by atoms with Crippen molar-refractivity contribution in [2.45, 2.75) is 24.2 Å². The van der Waals surface area contributed by atoms with Crippen LogP contribution in [0.1, 0.15) is 13.8 Å². The second kappa shape index (κ2) is 6.11. The quantitative estimate of drug-likeness (QED) is 0.871. The SMILES string of the molecule is CCOC(C)CNS(=O)(=O)c1ccc(Br)s1. The van der Waals surface area contributed by atoms with Crippen molar-refractivity contribution >= 4 is 37.3 Å². The highest BCUT2D eigenvalue weighted by Crippen LogP contribution is 2.25. The van der Waals surface area contributed by atoms with E-state index in [1.165, 1.54) is 11.3 Å². The summed E-state index contributed by atoms with van der Waals surface area (Å²) in [5, 5.41) is 0. The van der Waals surface area contributed by atoms with Crippen molar-refractivity contribution in [1.82, 2.24) is 4.72 Å². The van der Waals surface area contributed by atoms with Gasteiger partial charge in [-0.1, -0.05) is 0 Å². The maximum absolute atomic E-state index is 11.8. The second-order valence-corrected chi connectivity index (χ2v) is 7.63. The van der Waals surface area contributed by atoms with Crippen LogP contribution in [0.2, 0.25) is 0 Å². The molecule has 1 atom stereocenters. The van der Waals surface area contributed by atoms with Gasteiger partial charge in [-0.25, -0.2) is 13.1 Å². The van der Waals surface area contributed by atoms with Crippen LogP contribution in [0.5, 0.6) is 0 Å². The van der Waals surface area contributed by atoms with E-state index in [0.717, 1.165) is 3.79 Å². The van der Waals surface area contributed by atoms with E-state index in [1.54, 1.807) is 12.1 Å². The van der Waals surface area contributed by atoms with E-state index in [0.29, 0.717) is 10.8 Å². The molecule has 1 aromatic rings. The molecule has 92 valence electrons. The molecule has 16 heavy (non-hydrogen) atoms. The van der Waals surface area contributed by atoms with Gasteiger partial charge in [-0.05, 0) is 41.9 Å². The predicted molar refractivity (Wildman–Crippen MR) is 68.3 cm³/mol. The first kappa shape index (κ1) is 14.1. The minimum Gasteiger partial charge on any atom is -0.377 e. The fourth-order valence-electron chi connectivity index (χ4n) is 1.08. The minimum absolute atomic E-state index is 0.122. The predicted octanol–water partition coefficient (Wildman–Crippen LogP) is 2.21. The van der Waals surface area contributed by atoms with Crippen LogP contribution in [0.15, 0.2) is 20.1 Å². The average Bonchev–Trinajstić information content (AvgIpc) is 2.63. The topological polar surface area (TPSA) is 55.4 Å². The van der Waals surface area contributed by atoms with Gasteiger partial charge in [0.1, 0.15) is 4.21 Å². The van der Waals surface area contributed by atoms with E-state index in [-0.39, 0.29) is 12.6 Å². The van der Waals surface area contributed by atoms with Crippen LogP contribution in [-0.2, 0) is 14.8 Å². The lowest BCUT2D eigenvalue weighted by Gasteiger charge is -2.11. The third-order valence-electron chi connectivity index (χ3n) is 1.83. The maximum atomic E-state index is 11.8.